The van der Waals surface area contributed by atoms with E-state index in [1.165, 1.54) is 32.7 Å². The predicted octanol–water partition coefficient (Wildman–Crippen LogP) is 6.30. The molecule has 6 rings (SSSR count). The van der Waals surface area contributed by atoms with Crippen molar-refractivity contribution in [3.05, 3.63) is 95.1 Å². The maximum Gasteiger partial charge on any atom is 0.166 e. The van der Waals surface area contributed by atoms with Crippen LogP contribution in [-0.2, 0) is 24.0 Å². The first-order valence-electron chi connectivity index (χ1n) is 9.65. The summed E-state index contributed by atoms with van der Waals surface area (Å²) in [6, 6.07) is 21.2. The Morgan fingerprint density at radius 3 is 1.61 bits per heavy atom. The largest absolute Gasteiger partial charge is 0.606 e. The van der Waals surface area contributed by atoms with Crippen molar-refractivity contribution < 1.29 is 4.55 Å². The molecule has 0 aliphatic heterocycles. The van der Waals surface area contributed by atoms with Crippen molar-refractivity contribution in [2.24, 2.45) is 0 Å². The van der Waals surface area contributed by atoms with E-state index < -0.39 is 11.2 Å². The number of rotatable bonds is 2. The summed E-state index contributed by atoms with van der Waals surface area (Å²) in [6.07, 6.45) is 10.5. The van der Waals surface area contributed by atoms with Crippen LogP contribution in [0.5, 0.6) is 0 Å². The van der Waals surface area contributed by atoms with Gasteiger partial charge in [-0.05, 0) is 69.8 Å². The zero-order chi connectivity index (χ0) is 18.7. The van der Waals surface area contributed by atoms with E-state index in [1.54, 1.807) is 0 Å². The molecule has 0 aromatic heterocycles. The van der Waals surface area contributed by atoms with Crippen LogP contribution in [0.15, 0.2) is 82.6 Å². The standard InChI is InChI=1S/C26H18OS/c27-28(23-15-13-19-7-1-5-17-9-3-11-21(23)25(17)19)24-16-14-20-8-2-6-18-10-4-12-22(24)26(18)20/h1-8,11-16H,9-10H2. The fourth-order valence-electron chi connectivity index (χ4n) is 4.65. The van der Waals surface area contributed by atoms with Crippen molar-refractivity contribution in [3.8, 4) is 0 Å². The van der Waals surface area contributed by atoms with Crippen LogP contribution >= 0.6 is 0 Å². The first-order chi connectivity index (χ1) is 13.8. The van der Waals surface area contributed by atoms with Gasteiger partial charge in [0.1, 0.15) is 0 Å². The molecule has 2 aliphatic rings. The second kappa shape index (κ2) is 6.10. The Labute approximate surface area is 167 Å². The van der Waals surface area contributed by atoms with Gasteiger partial charge in [0.15, 0.2) is 9.79 Å². The van der Waals surface area contributed by atoms with Crippen molar-refractivity contribution in [2.75, 3.05) is 0 Å². The second-order valence-corrected chi connectivity index (χ2v) is 8.88. The molecule has 0 saturated carbocycles. The van der Waals surface area contributed by atoms with Gasteiger partial charge in [0, 0.05) is 22.3 Å². The van der Waals surface area contributed by atoms with Gasteiger partial charge in [0.2, 0.25) is 0 Å². The lowest BCUT2D eigenvalue weighted by Gasteiger charge is -2.21. The lowest BCUT2D eigenvalue weighted by Crippen LogP contribution is -2.09. The van der Waals surface area contributed by atoms with E-state index >= 15 is 0 Å². The van der Waals surface area contributed by atoms with Crippen molar-refractivity contribution >= 4 is 44.9 Å². The minimum Gasteiger partial charge on any atom is -0.606 e. The predicted molar refractivity (Wildman–Crippen MR) is 118 cm³/mol. The number of hydrogen-bond donors (Lipinski definition) is 0. The summed E-state index contributed by atoms with van der Waals surface area (Å²) in [6.45, 7) is 0. The summed E-state index contributed by atoms with van der Waals surface area (Å²) in [4.78, 5) is 1.81. The molecule has 0 heterocycles. The molecular weight excluding hydrogens is 360 g/mol. The van der Waals surface area contributed by atoms with Gasteiger partial charge in [-0.3, -0.25) is 0 Å². The van der Waals surface area contributed by atoms with E-state index in [0.29, 0.717) is 0 Å². The van der Waals surface area contributed by atoms with Crippen LogP contribution in [0, 0.1) is 0 Å². The summed E-state index contributed by atoms with van der Waals surface area (Å²) in [5.74, 6) is 0. The van der Waals surface area contributed by atoms with Gasteiger partial charge in [0.25, 0.3) is 0 Å². The molecule has 0 N–H and O–H groups in total. The number of allylic oxidation sites excluding steroid dienone is 2. The molecule has 2 heteroatoms. The Hall–Kier alpha value is -2.81. The molecule has 134 valence electrons. The molecule has 0 fully saturated rings. The molecule has 28 heavy (non-hydrogen) atoms. The number of benzene rings is 4. The van der Waals surface area contributed by atoms with E-state index in [4.69, 9.17) is 0 Å². The molecule has 1 nitrogen and oxygen atoms in total. The van der Waals surface area contributed by atoms with Crippen molar-refractivity contribution in [3.63, 3.8) is 0 Å². The lowest BCUT2D eigenvalue weighted by atomic mass is 9.93. The quantitative estimate of drug-likeness (QED) is 0.375. The van der Waals surface area contributed by atoms with Crippen LogP contribution in [0.3, 0.4) is 0 Å². The third kappa shape index (κ3) is 2.25. The number of hydrogen-bond acceptors (Lipinski definition) is 1. The molecule has 0 radical (unpaired) electrons. The van der Waals surface area contributed by atoms with Gasteiger partial charge < -0.3 is 4.55 Å². The Balaban J connectivity index is 1.60. The van der Waals surface area contributed by atoms with Crippen molar-refractivity contribution in [2.45, 2.75) is 22.6 Å². The van der Waals surface area contributed by atoms with Crippen LogP contribution in [-0.4, -0.2) is 4.55 Å². The highest BCUT2D eigenvalue weighted by Gasteiger charge is 2.26. The first kappa shape index (κ1) is 16.2. The lowest BCUT2D eigenvalue weighted by molar-refractivity contribution is 0.595. The molecule has 4 aromatic rings. The Morgan fingerprint density at radius 1 is 0.607 bits per heavy atom. The second-order valence-electron chi connectivity index (χ2n) is 7.47. The van der Waals surface area contributed by atoms with Crippen LogP contribution in [0.2, 0.25) is 0 Å². The van der Waals surface area contributed by atoms with Gasteiger partial charge in [-0.1, -0.05) is 60.7 Å². The van der Waals surface area contributed by atoms with Gasteiger partial charge >= 0.3 is 0 Å². The van der Waals surface area contributed by atoms with Gasteiger partial charge in [-0.15, -0.1) is 0 Å². The zero-order valence-electron chi connectivity index (χ0n) is 15.3. The van der Waals surface area contributed by atoms with Crippen LogP contribution in [0.4, 0.5) is 0 Å². The normalized spacial score (nSPS) is 14.4. The molecule has 0 amide bonds. The summed E-state index contributed by atoms with van der Waals surface area (Å²) in [7, 11) is 0. The Morgan fingerprint density at radius 2 is 1.11 bits per heavy atom. The summed E-state index contributed by atoms with van der Waals surface area (Å²) in [5.41, 5.74) is 4.85. The highest BCUT2D eigenvalue weighted by atomic mass is 32.2. The summed E-state index contributed by atoms with van der Waals surface area (Å²) >= 11 is -1.23. The molecule has 0 saturated heterocycles. The van der Waals surface area contributed by atoms with E-state index in [1.807, 2.05) is 12.1 Å². The Kier molecular flexibility index (Phi) is 3.52. The highest BCUT2D eigenvalue weighted by Crippen LogP contribution is 2.39. The van der Waals surface area contributed by atoms with E-state index in [0.717, 1.165) is 33.8 Å². The van der Waals surface area contributed by atoms with Gasteiger partial charge in [-0.25, -0.2) is 0 Å². The minimum absolute atomic E-state index is 0.906. The average Bonchev–Trinajstić information content (AvgIpc) is 2.75. The van der Waals surface area contributed by atoms with Crippen molar-refractivity contribution in [1.82, 2.24) is 0 Å². The SMILES string of the molecule is [O-][S+](c1ccc2cccc3c2c1C=CC3)c1ccc2cccc3c2c1C=CC3. The minimum atomic E-state index is -1.23. The average molecular weight is 378 g/mol. The van der Waals surface area contributed by atoms with Crippen LogP contribution in [0.1, 0.15) is 22.3 Å². The van der Waals surface area contributed by atoms with Gasteiger partial charge in [-0.2, -0.15) is 0 Å². The fraction of sp³-hybridized carbons (Fsp3) is 0.0769. The molecule has 2 aliphatic carbocycles. The highest BCUT2D eigenvalue weighted by molar-refractivity contribution is 7.91. The van der Waals surface area contributed by atoms with Crippen molar-refractivity contribution in [1.29, 1.82) is 0 Å². The summed E-state index contributed by atoms with van der Waals surface area (Å²) in [5, 5.41) is 4.95. The molecule has 0 atom stereocenters. The molecule has 0 bridgehead atoms. The van der Waals surface area contributed by atoms with E-state index in [9.17, 15) is 4.55 Å². The van der Waals surface area contributed by atoms with E-state index in [2.05, 4.69) is 72.8 Å². The van der Waals surface area contributed by atoms with Crippen LogP contribution in [0.25, 0.3) is 33.7 Å². The third-order valence-electron chi connectivity index (χ3n) is 5.91. The molecule has 4 aromatic carbocycles. The van der Waals surface area contributed by atoms with E-state index in [-0.39, 0.29) is 0 Å². The molecular formula is C26H18OS. The van der Waals surface area contributed by atoms with Crippen LogP contribution < -0.4 is 0 Å². The monoisotopic (exact) mass is 378 g/mol. The maximum absolute atomic E-state index is 13.8. The topological polar surface area (TPSA) is 23.1 Å². The Bertz CT molecular complexity index is 1230. The summed E-state index contributed by atoms with van der Waals surface area (Å²) < 4.78 is 13.8. The maximum atomic E-state index is 13.8. The fourth-order valence-corrected chi connectivity index (χ4v) is 6.01. The molecule has 0 unspecified atom stereocenters. The smallest absolute Gasteiger partial charge is 0.166 e. The molecule has 0 spiro atoms. The zero-order valence-corrected chi connectivity index (χ0v) is 16.1. The first-order valence-corrected chi connectivity index (χ1v) is 10.8. The third-order valence-corrected chi connectivity index (χ3v) is 7.42. The van der Waals surface area contributed by atoms with Gasteiger partial charge in [0.05, 0.1) is 0 Å².